The average Bonchev–Trinajstić information content (AvgIpc) is 2.83. The Morgan fingerprint density at radius 1 is 1.12 bits per heavy atom. The van der Waals surface area contributed by atoms with Gasteiger partial charge in [-0.3, -0.25) is 4.79 Å². The second-order valence-corrected chi connectivity index (χ2v) is 6.36. The smallest absolute Gasteiger partial charge is 0.223 e. The Labute approximate surface area is 113 Å². The van der Waals surface area contributed by atoms with E-state index in [1.54, 1.807) is 0 Å². The molecule has 0 radical (unpaired) electrons. The van der Waals surface area contributed by atoms with Crippen molar-refractivity contribution in [2.24, 2.45) is 5.92 Å². The van der Waals surface area contributed by atoms with E-state index < -0.39 is 0 Å². The van der Waals surface area contributed by atoms with Gasteiger partial charge in [0.15, 0.2) is 0 Å². The Balaban J connectivity index is 1.86. The van der Waals surface area contributed by atoms with E-state index in [1.807, 2.05) is 0 Å². The molecule has 1 aliphatic carbocycles. The lowest BCUT2D eigenvalue weighted by atomic mass is 9.97. The minimum Gasteiger partial charge on any atom is -0.340 e. The zero-order valence-electron chi connectivity index (χ0n) is 10.7. The topological polar surface area (TPSA) is 20.3 Å². The fourth-order valence-corrected chi connectivity index (χ4v) is 3.86. The number of piperidine rings is 1. The quantitative estimate of drug-likeness (QED) is 0.725. The van der Waals surface area contributed by atoms with Gasteiger partial charge in [-0.15, -0.1) is 0 Å². The van der Waals surface area contributed by atoms with Gasteiger partial charge < -0.3 is 4.90 Å². The Morgan fingerprint density at radius 3 is 2.53 bits per heavy atom. The minimum absolute atomic E-state index is 0.433. The van der Waals surface area contributed by atoms with Crippen LogP contribution in [0.1, 0.15) is 57.8 Å². The average molecular weight is 302 g/mol. The molecule has 0 aromatic carbocycles. The predicted molar refractivity (Wildman–Crippen MR) is 74.3 cm³/mol. The van der Waals surface area contributed by atoms with E-state index in [-0.39, 0.29) is 0 Å². The first kappa shape index (κ1) is 13.4. The third-order valence-electron chi connectivity index (χ3n) is 4.33. The summed E-state index contributed by atoms with van der Waals surface area (Å²) in [4.78, 5) is 14.5. The van der Waals surface area contributed by atoms with Crippen molar-refractivity contribution in [2.75, 3.05) is 11.9 Å². The molecule has 98 valence electrons. The summed E-state index contributed by atoms with van der Waals surface area (Å²) in [6.07, 6.45) is 10.9. The van der Waals surface area contributed by atoms with Gasteiger partial charge in [0.25, 0.3) is 0 Å². The van der Waals surface area contributed by atoms with Gasteiger partial charge in [0, 0.05) is 24.3 Å². The van der Waals surface area contributed by atoms with E-state index in [2.05, 4.69) is 20.8 Å². The van der Waals surface area contributed by atoms with Crippen molar-refractivity contribution in [1.82, 2.24) is 4.90 Å². The van der Waals surface area contributed by atoms with Crippen LogP contribution in [0.5, 0.6) is 0 Å². The molecule has 1 saturated carbocycles. The van der Waals surface area contributed by atoms with Crippen molar-refractivity contribution in [1.29, 1.82) is 0 Å². The van der Waals surface area contributed by atoms with Gasteiger partial charge in [-0.05, 0) is 44.4 Å². The number of hydrogen-bond donors (Lipinski definition) is 0. The van der Waals surface area contributed by atoms with E-state index in [0.717, 1.165) is 24.7 Å². The van der Waals surface area contributed by atoms with Crippen LogP contribution in [0.2, 0.25) is 0 Å². The number of alkyl halides is 1. The second kappa shape index (κ2) is 6.77. The van der Waals surface area contributed by atoms with Crippen LogP contribution in [0.15, 0.2) is 0 Å². The van der Waals surface area contributed by atoms with E-state index in [4.69, 9.17) is 0 Å². The molecule has 0 N–H and O–H groups in total. The van der Waals surface area contributed by atoms with Gasteiger partial charge in [-0.2, -0.15) is 0 Å². The lowest BCUT2D eigenvalue weighted by Crippen LogP contribution is -2.44. The van der Waals surface area contributed by atoms with E-state index in [9.17, 15) is 4.79 Å². The number of amides is 1. The molecule has 1 aliphatic heterocycles. The monoisotopic (exact) mass is 301 g/mol. The maximum absolute atomic E-state index is 12.3. The fourth-order valence-electron chi connectivity index (χ4n) is 3.33. The highest BCUT2D eigenvalue weighted by molar-refractivity contribution is 9.09. The molecular formula is C14H24BrNO. The van der Waals surface area contributed by atoms with Gasteiger partial charge in [0.2, 0.25) is 5.91 Å². The maximum atomic E-state index is 12.3. The highest BCUT2D eigenvalue weighted by Crippen LogP contribution is 2.29. The number of carbonyl (C=O) groups is 1. The third kappa shape index (κ3) is 3.70. The van der Waals surface area contributed by atoms with Crippen LogP contribution in [0.4, 0.5) is 0 Å². The first-order valence-electron chi connectivity index (χ1n) is 7.16. The van der Waals surface area contributed by atoms with Crippen molar-refractivity contribution < 1.29 is 4.79 Å². The van der Waals surface area contributed by atoms with E-state index in [1.165, 1.54) is 44.9 Å². The van der Waals surface area contributed by atoms with Gasteiger partial charge in [-0.25, -0.2) is 0 Å². The molecule has 1 heterocycles. The number of halogens is 1. The summed E-state index contributed by atoms with van der Waals surface area (Å²) < 4.78 is 0. The molecule has 1 atom stereocenters. The molecule has 0 aromatic heterocycles. The van der Waals surface area contributed by atoms with Crippen LogP contribution >= 0.6 is 15.9 Å². The van der Waals surface area contributed by atoms with Crippen molar-refractivity contribution in [3.8, 4) is 0 Å². The van der Waals surface area contributed by atoms with Crippen LogP contribution in [0, 0.1) is 5.92 Å². The molecule has 1 saturated heterocycles. The summed E-state index contributed by atoms with van der Waals surface area (Å²) in [6.45, 7) is 1.00. The summed E-state index contributed by atoms with van der Waals surface area (Å²) >= 11 is 3.51. The number of nitrogens with zero attached hydrogens (tertiary/aromatic N) is 1. The molecule has 2 fully saturated rings. The summed E-state index contributed by atoms with van der Waals surface area (Å²) in [7, 11) is 0. The number of carbonyl (C=O) groups excluding carboxylic acids is 1. The Kier molecular flexibility index (Phi) is 5.33. The molecule has 3 heteroatoms. The maximum Gasteiger partial charge on any atom is 0.223 e. The number of likely N-dealkylation sites (tertiary alicyclic amines) is 1. The predicted octanol–water partition coefficient (Wildman–Crippen LogP) is 3.73. The molecule has 0 bridgehead atoms. The number of rotatable bonds is 4. The van der Waals surface area contributed by atoms with Crippen molar-refractivity contribution in [3.63, 3.8) is 0 Å². The summed E-state index contributed by atoms with van der Waals surface area (Å²) in [5.41, 5.74) is 0. The zero-order chi connectivity index (χ0) is 12.1. The molecule has 0 spiro atoms. The molecular weight excluding hydrogens is 278 g/mol. The number of hydrogen-bond acceptors (Lipinski definition) is 1. The molecule has 2 nitrogen and oxygen atoms in total. The normalized spacial score (nSPS) is 26.4. The SMILES string of the molecule is O=C(CC1CCCC1)N1CCCCC1CCBr. The molecule has 2 aliphatic rings. The first-order valence-corrected chi connectivity index (χ1v) is 8.29. The third-order valence-corrected chi connectivity index (χ3v) is 4.79. The van der Waals surface area contributed by atoms with E-state index >= 15 is 0 Å². The summed E-state index contributed by atoms with van der Waals surface area (Å²) in [6, 6.07) is 0.511. The van der Waals surface area contributed by atoms with Gasteiger partial charge >= 0.3 is 0 Å². The van der Waals surface area contributed by atoms with Crippen LogP contribution in [0.25, 0.3) is 0 Å². The highest BCUT2D eigenvalue weighted by atomic mass is 79.9. The van der Waals surface area contributed by atoms with Crippen LogP contribution in [-0.2, 0) is 4.79 Å². The summed E-state index contributed by atoms with van der Waals surface area (Å²) in [5, 5.41) is 1.02. The minimum atomic E-state index is 0.433. The first-order chi connectivity index (χ1) is 8.31. The summed E-state index contributed by atoms with van der Waals surface area (Å²) in [5.74, 6) is 1.12. The van der Waals surface area contributed by atoms with Crippen molar-refractivity contribution in [2.45, 2.75) is 63.8 Å². The molecule has 1 amide bonds. The zero-order valence-corrected chi connectivity index (χ0v) is 12.3. The fraction of sp³-hybridized carbons (Fsp3) is 0.929. The second-order valence-electron chi connectivity index (χ2n) is 5.57. The van der Waals surface area contributed by atoms with Gasteiger partial charge in [0.05, 0.1) is 0 Å². The standard InChI is InChI=1S/C14H24BrNO/c15-9-8-13-7-3-4-10-16(13)14(17)11-12-5-1-2-6-12/h12-13H,1-11H2. The van der Waals surface area contributed by atoms with Crippen molar-refractivity contribution >= 4 is 21.8 Å². The lowest BCUT2D eigenvalue weighted by Gasteiger charge is -2.36. The highest BCUT2D eigenvalue weighted by Gasteiger charge is 2.28. The Bertz CT molecular complexity index is 249. The van der Waals surface area contributed by atoms with Crippen LogP contribution in [-0.4, -0.2) is 28.7 Å². The van der Waals surface area contributed by atoms with Gasteiger partial charge in [0.1, 0.15) is 0 Å². The van der Waals surface area contributed by atoms with E-state index in [0.29, 0.717) is 17.9 Å². The molecule has 17 heavy (non-hydrogen) atoms. The lowest BCUT2D eigenvalue weighted by molar-refractivity contribution is -0.135. The van der Waals surface area contributed by atoms with Crippen LogP contribution in [0.3, 0.4) is 0 Å². The molecule has 1 unspecified atom stereocenters. The Hall–Kier alpha value is -0.0500. The Morgan fingerprint density at radius 2 is 1.82 bits per heavy atom. The van der Waals surface area contributed by atoms with Crippen molar-refractivity contribution in [3.05, 3.63) is 0 Å². The van der Waals surface area contributed by atoms with Gasteiger partial charge in [-0.1, -0.05) is 28.8 Å². The largest absolute Gasteiger partial charge is 0.340 e. The molecule has 2 rings (SSSR count). The molecule has 0 aromatic rings. The van der Waals surface area contributed by atoms with Crippen LogP contribution < -0.4 is 0 Å².